The number of carbonyl (C=O) groups excluding carboxylic acids is 2. The second kappa shape index (κ2) is 7.98. The van der Waals surface area contributed by atoms with Gasteiger partial charge in [-0.2, -0.15) is 5.10 Å². The number of aliphatic carboxylic acids is 1. The number of carboxylic acid groups (broad SMARTS) is 1. The van der Waals surface area contributed by atoms with E-state index in [1.54, 1.807) is 41.3 Å². The van der Waals surface area contributed by atoms with E-state index in [0.717, 1.165) is 0 Å². The highest BCUT2D eigenvalue weighted by molar-refractivity contribution is 5.95. The van der Waals surface area contributed by atoms with E-state index in [1.165, 1.54) is 16.8 Å². The lowest BCUT2D eigenvalue weighted by Gasteiger charge is -2.32. The van der Waals surface area contributed by atoms with Crippen LogP contribution < -0.4 is 0 Å². The molecule has 1 unspecified atom stereocenters. The third-order valence-electron chi connectivity index (χ3n) is 4.54. The minimum absolute atomic E-state index is 0.126. The van der Waals surface area contributed by atoms with E-state index < -0.39 is 11.9 Å². The van der Waals surface area contributed by atoms with Gasteiger partial charge in [-0.1, -0.05) is 6.07 Å². The molecule has 0 radical (unpaired) electrons. The molecule has 142 valence electrons. The topological polar surface area (TPSA) is 109 Å². The summed E-state index contributed by atoms with van der Waals surface area (Å²) in [4.78, 5) is 43.4. The number of carbonyl (C=O) groups is 3. The molecule has 1 fully saturated rings. The van der Waals surface area contributed by atoms with E-state index in [2.05, 4.69) is 10.1 Å². The van der Waals surface area contributed by atoms with Crippen LogP contribution in [0.25, 0.3) is 5.82 Å². The van der Waals surface area contributed by atoms with Gasteiger partial charge in [0.15, 0.2) is 5.82 Å². The van der Waals surface area contributed by atoms with Gasteiger partial charge in [0.1, 0.15) is 5.69 Å². The van der Waals surface area contributed by atoms with Crippen molar-refractivity contribution in [3.8, 4) is 5.82 Å². The molecule has 0 aromatic carbocycles. The number of likely N-dealkylation sites (N-methyl/N-ethyl adjacent to an activating group) is 1. The van der Waals surface area contributed by atoms with Gasteiger partial charge in [0, 0.05) is 32.5 Å². The molecule has 1 aliphatic heterocycles. The molecular formula is C18H21N5O4. The predicted octanol–water partition coefficient (Wildman–Crippen LogP) is 0.662. The molecule has 0 saturated carbocycles. The highest BCUT2D eigenvalue weighted by Gasteiger charge is 2.29. The predicted molar refractivity (Wildman–Crippen MR) is 95.3 cm³/mol. The molecule has 2 amide bonds. The van der Waals surface area contributed by atoms with Crippen LogP contribution in [0.5, 0.6) is 0 Å². The maximum atomic E-state index is 12.6. The molecular weight excluding hydrogens is 350 g/mol. The number of piperidine rings is 1. The number of carboxylic acids is 1. The van der Waals surface area contributed by atoms with Crippen LogP contribution in [0.4, 0.5) is 0 Å². The van der Waals surface area contributed by atoms with E-state index in [-0.39, 0.29) is 30.6 Å². The van der Waals surface area contributed by atoms with Crippen molar-refractivity contribution in [2.45, 2.75) is 12.8 Å². The van der Waals surface area contributed by atoms with Crippen molar-refractivity contribution >= 4 is 17.8 Å². The Balaban J connectivity index is 1.64. The second-order valence-corrected chi connectivity index (χ2v) is 6.51. The summed E-state index contributed by atoms with van der Waals surface area (Å²) in [5.41, 5.74) is 0.209. The molecule has 3 heterocycles. The molecule has 2 aromatic heterocycles. The van der Waals surface area contributed by atoms with Crippen molar-refractivity contribution in [2.75, 3.05) is 26.7 Å². The van der Waals surface area contributed by atoms with Crippen molar-refractivity contribution in [1.29, 1.82) is 0 Å². The lowest BCUT2D eigenvalue weighted by Crippen LogP contribution is -2.47. The summed E-state index contributed by atoms with van der Waals surface area (Å²) in [6.45, 7) is 0.569. The molecule has 27 heavy (non-hydrogen) atoms. The van der Waals surface area contributed by atoms with Gasteiger partial charge in [-0.05, 0) is 31.0 Å². The van der Waals surface area contributed by atoms with E-state index in [9.17, 15) is 14.4 Å². The van der Waals surface area contributed by atoms with Crippen LogP contribution >= 0.6 is 0 Å². The molecule has 3 rings (SSSR count). The fourth-order valence-electron chi connectivity index (χ4n) is 3.05. The number of rotatable bonds is 5. The van der Waals surface area contributed by atoms with Gasteiger partial charge >= 0.3 is 5.97 Å². The molecule has 1 aliphatic rings. The number of pyridine rings is 1. The zero-order chi connectivity index (χ0) is 19.4. The second-order valence-electron chi connectivity index (χ2n) is 6.51. The van der Waals surface area contributed by atoms with Gasteiger partial charge in [0.05, 0.1) is 12.5 Å². The molecule has 0 aliphatic carbocycles. The Bertz CT molecular complexity index is 836. The fraction of sp³-hybridized carbons (Fsp3) is 0.389. The number of amides is 2. The minimum Gasteiger partial charge on any atom is -0.481 e. The number of hydrogen-bond acceptors (Lipinski definition) is 5. The molecule has 1 saturated heterocycles. The fourth-order valence-corrected chi connectivity index (χ4v) is 3.05. The summed E-state index contributed by atoms with van der Waals surface area (Å²) >= 11 is 0. The summed E-state index contributed by atoms with van der Waals surface area (Å²) in [7, 11) is 1.53. The van der Waals surface area contributed by atoms with Crippen LogP contribution in [0, 0.1) is 5.92 Å². The number of hydrogen-bond donors (Lipinski definition) is 1. The normalized spacial score (nSPS) is 16.8. The highest BCUT2D eigenvalue weighted by Crippen LogP contribution is 2.17. The lowest BCUT2D eigenvalue weighted by atomic mass is 9.98. The number of nitrogens with zero attached hydrogens (tertiary/aromatic N) is 5. The van der Waals surface area contributed by atoms with Crippen molar-refractivity contribution in [3.63, 3.8) is 0 Å². The van der Waals surface area contributed by atoms with E-state index in [4.69, 9.17) is 5.11 Å². The Morgan fingerprint density at radius 2 is 2.11 bits per heavy atom. The smallest absolute Gasteiger partial charge is 0.308 e. The molecule has 1 N–H and O–H groups in total. The number of likely N-dealkylation sites (tertiary alicyclic amines) is 1. The van der Waals surface area contributed by atoms with Crippen molar-refractivity contribution in [1.82, 2.24) is 24.6 Å². The standard InChI is InChI=1S/C18H21N5O4/c1-21(12-16(24)22-9-3-5-13(11-22)18(26)27)17(25)14-6-2-7-15(20-14)23-10-4-8-19-23/h2,4,6-8,10,13H,3,5,9,11-12H2,1H3,(H,26,27). The average molecular weight is 371 g/mol. The first-order valence-electron chi connectivity index (χ1n) is 8.69. The van der Waals surface area contributed by atoms with E-state index in [1.807, 2.05) is 0 Å². The Morgan fingerprint density at radius 3 is 2.81 bits per heavy atom. The summed E-state index contributed by atoms with van der Waals surface area (Å²) in [5.74, 6) is -1.58. The highest BCUT2D eigenvalue weighted by atomic mass is 16.4. The van der Waals surface area contributed by atoms with Gasteiger partial charge in [0.2, 0.25) is 5.91 Å². The SMILES string of the molecule is CN(CC(=O)N1CCCC(C(=O)O)C1)C(=O)c1cccc(-n2cccn2)n1. The van der Waals surface area contributed by atoms with Gasteiger partial charge in [-0.3, -0.25) is 14.4 Å². The first kappa shape index (κ1) is 18.6. The first-order valence-corrected chi connectivity index (χ1v) is 8.69. The van der Waals surface area contributed by atoms with Gasteiger partial charge in [-0.15, -0.1) is 0 Å². The maximum absolute atomic E-state index is 12.6. The van der Waals surface area contributed by atoms with Crippen molar-refractivity contribution < 1.29 is 19.5 Å². The van der Waals surface area contributed by atoms with Crippen LogP contribution in [-0.2, 0) is 9.59 Å². The van der Waals surface area contributed by atoms with Crippen molar-refractivity contribution in [3.05, 3.63) is 42.4 Å². The number of aromatic nitrogens is 3. The average Bonchev–Trinajstić information content (AvgIpc) is 3.22. The van der Waals surface area contributed by atoms with E-state index in [0.29, 0.717) is 25.2 Å². The lowest BCUT2D eigenvalue weighted by molar-refractivity contribution is -0.145. The van der Waals surface area contributed by atoms with Crippen molar-refractivity contribution in [2.24, 2.45) is 5.92 Å². The first-order chi connectivity index (χ1) is 13.0. The third kappa shape index (κ3) is 4.30. The zero-order valence-corrected chi connectivity index (χ0v) is 15.0. The summed E-state index contributed by atoms with van der Waals surface area (Å²) in [5, 5.41) is 13.2. The molecule has 1 atom stereocenters. The van der Waals surface area contributed by atoms with Gasteiger partial charge < -0.3 is 14.9 Å². The Morgan fingerprint density at radius 1 is 1.30 bits per heavy atom. The van der Waals surface area contributed by atoms with Crippen LogP contribution in [0.2, 0.25) is 0 Å². The molecule has 9 nitrogen and oxygen atoms in total. The largest absolute Gasteiger partial charge is 0.481 e. The summed E-state index contributed by atoms with van der Waals surface area (Å²) in [6, 6.07) is 6.77. The van der Waals surface area contributed by atoms with E-state index >= 15 is 0 Å². The third-order valence-corrected chi connectivity index (χ3v) is 4.54. The molecule has 2 aromatic rings. The Labute approximate surface area is 156 Å². The summed E-state index contributed by atoms with van der Waals surface area (Å²) < 4.78 is 1.54. The zero-order valence-electron chi connectivity index (χ0n) is 15.0. The monoisotopic (exact) mass is 371 g/mol. The minimum atomic E-state index is -0.892. The quantitative estimate of drug-likeness (QED) is 0.827. The van der Waals surface area contributed by atoms with Gasteiger partial charge in [0.25, 0.3) is 5.91 Å². The van der Waals surface area contributed by atoms with Crippen LogP contribution in [-0.4, -0.2) is 74.1 Å². The van der Waals surface area contributed by atoms with Crippen LogP contribution in [0.3, 0.4) is 0 Å². The molecule has 0 bridgehead atoms. The summed E-state index contributed by atoms with van der Waals surface area (Å²) in [6.07, 6.45) is 4.55. The molecule has 9 heteroatoms. The van der Waals surface area contributed by atoms with Crippen LogP contribution in [0.1, 0.15) is 23.3 Å². The molecule has 0 spiro atoms. The van der Waals surface area contributed by atoms with Crippen LogP contribution in [0.15, 0.2) is 36.7 Å². The Hall–Kier alpha value is -3.23. The maximum Gasteiger partial charge on any atom is 0.308 e. The Kier molecular flexibility index (Phi) is 5.49. The van der Waals surface area contributed by atoms with Gasteiger partial charge in [-0.25, -0.2) is 9.67 Å².